The summed E-state index contributed by atoms with van der Waals surface area (Å²) in [6.45, 7) is 0. The molecule has 1 aliphatic carbocycles. The molecule has 0 aliphatic heterocycles. The summed E-state index contributed by atoms with van der Waals surface area (Å²) in [4.78, 5) is 0. The number of rotatable bonds is 8. The van der Waals surface area contributed by atoms with Crippen molar-refractivity contribution in [2.75, 3.05) is 7.11 Å². The van der Waals surface area contributed by atoms with Gasteiger partial charge in [-0.3, -0.25) is 5.73 Å². The molecule has 0 amide bonds. The molecular weight excluding hydrogens is 495 g/mol. The second-order valence-electron chi connectivity index (χ2n) is 5.04. The van der Waals surface area contributed by atoms with E-state index in [0.717, 1.165) is 25.7 Å². The molecule has 1 saturated carbocycles. The van der Waals surface area contributed by atoms with Gasteiger partial charge in [-0.2, -0.15) is 0 Å². The van der Waals surface area contributed by atoms with Gasteiger partial charge in [-0.1, -0.05) is 15.1 Å². The summed E-state index contributed by atoms with van der Waals surface area (Å²) in [6.07, 6.45) is 3.36. The minimum absolute atomic E-state index is 0.185. The predicted molar refractivity (Wildman–Crippen MR) is 132 cm³/mol. The smallest absolute Gasteiger partial charge is 0.173 e. The van der Waals surface area contributed by atoms with E-state index < -0.39 is 8.51 Å². The second kappa shape index (κ2) is 8.39. The molecule has 0 heterocycles. The largest absolute Gasteiger partial charge is 0.381 e. The predicted octanol–water partition coefficient (Wildman–Crippen LogP) is 6.14. The zero-order chi connectivity index (χ0) is 17.1. The van der Waals surface area contributed by atoms with E-state index >= 15 is 0 Å². The number of methoxy groups -OCH3 is 1. The van der Waals surface area contributed by atoms with Gasteiger partial charge in [-0.15, -0.1) is 46.6 Å². The normalized spacial score (nSPS) is 29.5. The topological polar surface area (TPSA) is 55.5 Å². The number of thiol groups is 5. The lowest BCUT2D eigenvalue weighted by Gasteiger charge is -2.71. The molecule has 22 heavy (non-hydrogen) atoms. The van der Waals surface area contributed by atoms with Crippen molar-refractivity contribution in [3.63, 3.8) is 0 Å². The molecule has 3 nitrogen and oxygen atoms in total. The van der Waals surface area contributed by atoms with Gasteiger partial charge in [0.1, 0.15) is 0 Å². The van der Waals surface area contributed by atoms with Gasteiger partial charge in [0.25, 0.3) is 0 Å². The average molecular weight is 516 g/mol. The summed E-state index contributed by atoms with van der Waals surface area (Å²) in [5, 5.41) is 9.40. The van der Waals surface area contributed by atoms with Crippen LogP contribution in [0.1, 0.15) is 25.7 Å². The molecule has 14 heteroatoms. The fraction of sp³-hybridized carbons (Fsp3) is 1.00. The third-order valence-corrected chi connectivity index (χ3v) is 29.4. The Hall–Kier alpha value is 3.73. The Morgan fingerprint density at radius 2 is 1.64 bits per heavy atom. The number of aliphatic hydroxyl groups is 1. The summed E-state index contributed by atoms with van der Waals surface area (Å²) in [6, 6.07) is 0. The highest BCUT2D eigenvalue weighted by Crippen LogP contribution is 3.16. The maximum Gasteiger partial charge on any atom is 0.173 e. The summed E-state index contributed by atoms with van der Waals surface area (Å²) in [5.74, 6) is -0.185. The quantitative estimate of drug-likeness (QED) is 0.0901. The number of hydrogen-bond donors (Lipinski definition) is 7. The molecule has 0 spiro atoms. The van der Waals surface area contributed by atoms with E-state index in [4.69, 9.17) is 10.5 Å². The van der Waals surface area contributed by atoms with Crippen molar-refractivity contribution in [1.29, 1.82) is 0 Å². The summed E-state index contributed by atoms with van der Waals surface area (Å²) in [7, 11) is 8.59. The van der Waals surface area contributed by atoms with Gasteiger partial charge in [0, 0.05) is 13.0 Å². The highest BCUT2D eigenvalue weighted by molar-refractivity contribution is 9.97. The van der Waals surface area contributed by atoms with Crippen molar-refractivity contribution in [1.82, 2.24) is 0 Å². The van der Waals surface area contributed by atoms with Crippen LogP contribution in [-0.4, -0.2) is 23.4 Å². The van der Waals surface area contributed by atoms with Crippen LogP contribution in [0.5, 0.6) is 0 Å². The second-order valence-corrected chi connectivity index (χ2v) is 38.8. The van der Waals surface area contributed by atoms with Gasteiger partial charge in [0.2, 0.25) is 0 Å². The van der Waals surface area contributed by atoms with E-state index in [0.29, 0.717) is 0 Å². The summed E-state index contributed by atoms with van der Waals surface area (Å²) in [5.41, 5.74) is 6.33. The van der Waals surface area contributed by atoms with E-state index in [2.05, 4.69) is 58.3 Å². The molecule has 136 valence electrons. The van der Waals surface area contributed by atoms with Crippen molar-refractivity contribution in [3.05, 3.63) is 0 Å². The Bertz CT molecular complexity index is 376. The van der Waals surface area contributed by atoms with E-state index in [-0.39, 0.29) is 12.0 Å². The minimum Gasteiger partial charge on any atom is -0.381 e. The molecular formula is C8H21NO2S11. The lowest BCUT2D eigenvalue weighted by atomic mass is 9.86. The van der Waals surface area contributed by atoms with E-state index in [1.165, 1.54) is 49.1 Å². The lowest BCUT2D eigenvalue weighted by Crippen LogP contribution is -2.55. The number of hydrogen-bond acceptors (Lipinski definition) is 13. The fourth-order valence-corrected chi connectivity index (χ4v) is 28.4. The van der Waals surface area contributed by atoms with Crippen LogP contribution in [-0.2, 0) is 4.74 Å². The molecule has 0 aromatic carbocycles. The monoisotopic (exact) mass is 515 g/mol. The van der Waals surface area contributed by atoms with Gasteiger partial charge >= 0.3 is 0 Å². The van der Waals surface area contributed by atoms with Crippen molar-refractivity contribution in [2.45, 2.75) is 36.8 Å². The molecule has 1 unspecified atom stereocenters. The lowest BCUT2D eigenvalue weighted by molar-refractivity contribution is 0.00591. The van der Waals surface area contributed by atoms with E-state index in [9.17, 15) is 5.11 Å². The highest BCUT2D eigenvalue weighted by atomic mass is 34.4. The summed E-state index contributed by atoms with van der Waals surface area (Å²) >= 11 is 22.6. The third kappa shape index (κ3) is 5.86. The van der Waals surface area contributed by atoms with Gasteiger partial charge in [0.15, 0.2) is 5.06 Å². The highest BCUT2D eigenvalue weighted by Gasteiger charge is 2.66. The average Bonchev–Trinajstić information content (AvgIpc) is 2.42. The molecule has 1 aliphatic rings. The zero-order valence-electron chi connectivity index (χ0n) is 11.6. The van der Waals surface area contributed by atoms with Crippen molar-refractivity contribution in [2.24, 2.45) is 11.7 Å². The first-order valence-electron chi connectivity index (χ1n) is 6.03. The molecule has 1 fully saturated rings. The van der Waals surface area contributed by atoms with Crippen molar-refractivity contribution in [3.8, 4) is 0 Å². The molecule has 0 bridgehead atoms. The first-order chi connectivity index (χ1) is 9.87. The number of nitrogens with two attached hydrogens (primary N) is 1. The molecule has 0 saturated heterocycles. The van der Waals surface area contributed by atoms with E-state index in [1.54, 1.807) is 7.11 Å². The Morgan fingerprint density at radius 1 is 1.09 bits per heavy atom. The van der Waals surface area contributed by atoms with E-state index in [1.807, 2.05) is 0 Å². The molecule has 0 aromatic heterocycles. The van der Waals surface area contributed by atoms with Crippen molar-refractivity contribution < 1.29 is 9.84 Å². The molecule has 1 rings (SSSR count). The van der Waals surface area contributed by atoms with Crippen LogP contribution in [0.3, 0.4) is 0 Å². The SMILES string of the molecule is COC1CCC(C(N)(O)S(S)(S)(S)(S)SSSSSS)CC1. The van der Waals surface area contributed by atoms with Crippen molar-refractivity contribution >= 4 is 111 Å². The fourth-order valence-electron chi connectivity index (χ4n) is 2.23. The molecule has 0 aromatic rings. The maximum absolute atomic E-state index is 11.1. The minimum atomic E-state index is -4.15. The molecule has 3 N–H and O–H groups in total. The van der Waals surface area contributed by atoms with Crippen LogP contribution in [0.4, 0.5) is 0 Å². The Morgan fingerprint density at radius 3 is 2.09 bits per heavy atom. The van der Waals surface area contributed by atoms with Gasteiger partial charge in [-0.05, 0) is 74.8 Å². The molecule has 1 atom stereocenters. The Labute approximate surface area is 174 Å². The maximum atomic E-state index is 11.1. The summed E-state index contributed by atoms with van der Waals surface area (Å²) < 4.78 is 1.21. The van der Waals surface area contributed by atoms with Gasteiger partial charge in [0.05, 0.1) is 6.10 Å². The van der Waals surface area contributed by atoms with Crippen LogP contribution in [0.2, 0.25) is 0 Å². The number of ether oxygens (including phenoxy) is 1. The third-order valence-electron chi connectivity index (χ3n) is 3.58. The first kappa shape index (κ1) is 23.8. The van der Waals surface area contributed by atoms with Gasteiger partial charge < -0.3 is 9.84 Å². The Kier molecular flexibility index (Phi) is 9.07. The van der Waals surface area contributed by atoms with Crippen LogP contribution in [0.15, 0.2) is 0 Å². The van der Waals surface area contributed by atoms with Crippen LogP contribution >= 0.6 is 111 Å². The van der Waals surface area contributed by atoms with Crippen LogP contribution in [0.25, 0.3) is 0 Å². The zero-order valence-corrected chi connectivity index (χ0v) is 21.0. The Balaban J connectivity index is 2.86. The van der Waals surface area contributed by atoms with Crippen LogP contribution in [0, 0.1) is 5.92 Å². The molecule has 0 radical (unpaired) electrons. The van der Waals surface area contributed by atoms with Gasteiger partial charge in [-0.25, -0.2) is 0 Å². The first-order valence-corrected chi connectivity index (χ1v) is 20.4. The van der Waals surface area contributed by atoms with Crippen LogP contribution < -0.4 is 5.73 Å². The standard InChI is InChI=1S/C8H21NO2S11/c1-11-7-4-2-6(3-5-7)8(9,10)22(13,14,15,16)21-20-19-18-17-12/h6-7,10,12-16H,2-5,9H2,1H3.